The zero-order chi connectivity index (χ0) is 16.0. The highest BCUT2D eigenvalue weighted by Gasteiger charge is 2.13. The largest absolute Gasteiger partial charge is 0.420 e. The fourth-order valence-corrected chi connectivity index (χ4v) is 2.97. The first kappa shape index (κ1) is 14.3. The first-order chi connectivity index (χ1) is 11.1. The molecule has 0 spiro atoms. The van der Waals surface area contributed by atoms with E-state index in [0.29, 0.717) is 21.3 Å². The van der Waals surface area contributed by atoms with E-state index in [2.05, 4.69) is 4.98 Å². The molecule has 0 N–H and O–H groups in total. The second-order valence-corrected chi connectivity index (χ2v) is 5.99. The van der Waals surface area contributed by atoms with Crippen LogP contribution in [-0.4, -0.2) is 9.55 Å². The van der Waals surface area contributed by atoms with Crippen LogP contribution in [0.25, 0.3) is 22.0 Å². The first-order valence-electron chi connectivity index (χ1n) is 6.95. The Morgan fingerprint density at radius 1 is 1.09 bits per heavy atom. The second kappa shape index (κ2) is 5.41. The third-order valence-electron chi connectivity index (χ3n) is 3.71. The number of rotatable bonds is 2. The van der Waals surface area contributed by atoms with E-state index in [1.807, 2.05) is 30.3 Å². The molecular formula is C17H10Cl2N2O2. The van der Waals surface area contributed by atoms with Crippen molar-refractivity contribution in [2.24, 2.45) is 0 Å². The number of nitrogens with zero attached hydrogens (tertiary/aromatic N) is 2. The van der Waals surface area contributed by atoms with E-state index < -0.39 is 5.76 Å². The van der Waals surface area contributed by atoms with E-state index in [4.69, 9.17) is 27.6 Å². The monoisotopic (exact) mass is 344 g/mol. The molecule has 23 heavy (non-hydrogen) atoms. The third kappa shape index (κ3) is 2.50. The third-order valence-corrected chi connectivity index (χ3v) is 4.27. The van der Waals surface area contributed by atoms with Crippen molar-refractivity contribution in [1.29, 1.82) is 0 Å². The van der Waals surface area contributed by atoms with Crippen LogP contribution < -0.4 is 5.76 Å². The van der Waals surface area contributed by atoms with Crippen LogP contribution >= 0.6 is 23.2 Å². The van der Waals surface area contributed by atoms with Gasteiger partial charge in [-0.05, 0) is 24.3 Å². The maximum Gasteiger partial charge on any atom is 0.420 e. The van der Waals surface area contributed by atoms with Crippen molar-refractivity contribution in [2.75, 3.05) is 0 Å². The lowest BCUT2D eigenvalue weighted by molar-refractivity contribution is 0.517. The molecule has 4 nitrogen and oxygen atoms in total. The van der Waals surface area contributed by atoms with Crippen LogP contribution in [0.15, 0.2) is 57.7 Å². The molecule has 0 amide bonds. The second-order valence-electron chi connectivity index (χ2n) is 5.20. The van der Waals surface area contributed by atoms with Crippen LogP contribution in [0.2, 0.25) is 10.2 Å². The average Bonchev–Trinajstić information content (AvgIpc) is 2.83. The summed E-state index contributed by atoms with van der Waals surface area (Å²) in [5.74, 6) is -0.452. The molecule has 114 valence electrons. The molecule has 2 heterocycles. The van der Waals surface area contributed by atoms with E-state index >= 15 is 0 Å². The van der Waals surface area contributed by atoms with Crippen LogP contribution in [0.4, 0.5) is 0 Å². The molecule has 0 aliphatic carbocycles. The number of hydrogen-bond acceptors (Lipinski definition) is 3. The molecule has 0 atom stereocenters. The maximum atomic E-state index is 12.1. The number of aromatic nitrogens is 2. The Bertz CT molecular complexity index is 1100. The highest BCUT2D eigenvalue weighted by molar-refractivity contribution is 6.31. The van der Waals surface area contributed by atoms with Gasteiger partial charge in [0.25, 0.3) is 0 Å². The highest BCUT2D eigenvalue weighted by Crippen LogP contribution is 2.23. The van der Waals surface area contributed by atoms with Gasteiger partial charge in [-0.1, -0.05) is 41.4 Å². The molecule has 0 unspecified atom stereocenters. The minimum absolute atomic E-state index is 0.282. The SMILES string of the molecule is O=c1oc2cc(Cl)ccc2n1Cc1cc2ccccc2nc1Cl. The van der Waals surface area contributed by atoms with Crippen molar-refractivity contribution in [3.63, 3.8) is 0 Å². The summed E-state index contributed by atoms with van der Waals surface area (Å²) >= 11 is 12.2. The standard InChI is InChI=1S/C17H10Cl2N2O2/c18-12-5-6-14-15(8-12)23-17(22)21(14)9-11-7-10-3-1-2-4-13(10)20-16(11)19/h1-8H,9H2. The Morgan fingerprint density at radius 3 is 2.78 bits per heavy atom. The topological polar surface area (TPSA) is 48.0 Å². The molecular weight excluding hydrogens is 335 g/mol. The fraction of sp³-hybridized carbons (Fsp3) is 0.0588. The zero-order valence-electron chi connectivity index (χ0n) is 11.8. The van der Waals surface area contributed by atoms with Gasteiger partial charge < -0.3 is 4.42 Å². The molecule has 6 heteroatoms. The van der Waals surface area contributed by atoms with Crippen molar-refractivity contribution in [2.45, 2.75) is 6.54 Å². The zero-order valence-corrected chi connectivity index (χ0v) is 13.3. The summed E-state index contributed by atoms with van der Waals surface area (Å²) < 4.78 is 6.76. The Kier molecular flexibility index (Phi) is 3.36. The molecule has 4 rings (SSSR count). The summed E-state index contributed by atoms with van der Waals surface area (Å²) in [7, 11) is 0. The number of hydrogen-bond donors (Lipinski definition) is 0. The van der Waals surface area contributed by atoms with Crippen molar-refractivity contribution in [3.8, 4) is 0 Å². The van der Waals surface area contributed by atoms with E-state index in [0.717, 1.165) is 16.5 Å². The summed E-state index contributed by atoms with van der Waals surface area (Å²) in [6.45, 7) is 0.282. The van der Waals surface area contributed by atoms with Gasteiger partial charge in [0.05, 0.1) is 17.6 Å². The quantitative estimate of drug-likeness (QED) is 0.503. The van der Waals surface area contributed by atoms with Crippen LogP contribution in [0.3, 0.4) is 0 Å². The maximum absolute atomic E-state index is 12.1. The Morgan fingerprint density at radius 2 is 1.91 bits per heavy atom. The smallest absolute Gasteiger partial charge is 0.408 e. The lowest BCUT2D eigenvalue weighted by Gasteiger charge is -2.07. The van der Waals surface area contributed by atoms with Crippen molar-refractivity contribution in [1.82, 2.24) is 9.55 Å². The fourth-order valence-electron chi connectivity index (χ4n) is 2.61. The van der Waals surface area contributed by atoms with Gasteiger partial charge in [-0.15, -0.1) is 0 Å². The predicted octanol–water partition coefficient (Wildman–Crippen LogP) is 4.50. The van der Waals surface area contributed by atoms with E-state index in [1.54, 1.807) is 18.2 Å². The van der Waals surface area contributed by atoms with E-state index in [-0.39, 0.29) is 6.54 Å². The molecule has 0 fully saturated rings. The van der Waals surface area contributed by atoms with Crippen LogP contribution in [0, 0.1) is 0 Å². The molecule has 0 bridgehead atoms. The molecule has 0 saturated heterocycles. The van der Waals surface area contributed by atoms with Crippen molar-refractivity contribution in [3.05, 3.63) is 74.8 Å². The van der Waals surface area contributed by atoms with Crippen LogP contribution in [0.1, 0.15) is 5.56 Å². The van der Waals surface area contributed by atoms with E-state index in [9.17, 15) is 4.79 Å². The predicted molar refractivity (Wildman–Crippen MR) is 91.3 cm³/mol. The Hall–Kier alpha value is -2.30. The van der Waals surface area contributed by atoms with Gasteiger partial charge in [0.2, 0.25) is 0 Å². The molecule has 2 aromatic carbocycles. The van der Waals surface area contributed by atoms with Crippen molar-refractivity contribution >= 4 is 45.2 Å². The number of halogens is 2. The molecule has 0 aliphatic rings. The summed E-state index contributed by atoms with van der Waals surface area (Å²) in [6.07, 6.45) is 0. The summed E-state index contributed by atoms with van der Waals surface area (Å²) in [4.78, 5) is 16.5. The van der Waals surface area contributed by atoms with Crippen molar-refractivity contribution < 1.29 is 4.42 Å². The first-order valence-corrected chi connectivity index (χ1v) is 7.70. The number of pyridine rings is 1. The number of para-hydroxylation sites is 1. The van der Waals surface area contributed by atoms with Crippen LogP contribution in [0.5, 0.6) is 0 Å². The normalized spacial score (nSPS) is 11.4. The number of oxazole rings is 1. The van der Waals surface area contributed by atoms with Gasteiger partial charge in [-0.2, -0.15) is 0 Å². The van der Waals surface area contributed by atoms with Gasteiger partial charge in [-0.3, -0.25) is 4.57 Å². The van der Waals surface area contributed by atoms with Crippen LogP contribution in [-0.2, 0) is 6.54 Å². The molecule has 2 aromatic heterocycles. The lowest BCUT2D eigenvalue weighted by Crippen LogP contribution is -2.15. The highest BCUT2D eigenvalue weighted by atomic mass is 35.5. The Labute approximate surface area is 140 Å². The summed E-state index contributed by atoms with van der Waals surface area (Å²) in [5, 5.41) is 1.86. The number of benzene rings is 2. The molecule has 0 aliphatic heterocycles. The van der Waals surface area contributed by atoms with Gasteiger partial charge in [0.15, 0.2) is 5.58 Å². The summed E-state index contributed by atoms with van der Waals surface area (Å²) in [6, 6.07) is 14.7. The van der Waals surface area contributed by atoms with Gasteiger partial charge in [0.1, 0.15) is 5.15 Å². The lowest BCUT2D eigenvalue weighted by atomic mass is 10.1. The number of fused-ring (bicyclic) bond motifs is 2. The Balaban J connectivity index is 1.86. The van der Waals surface area contributed by atoms with Gasteiger partial charge >= 0.3 is 5.76 Å². The minimum atomic E-state index is -0.452. The molecule has 0 radical (unpaired) electrons. The summed E-state index contributed by atoms with van der Waals surface area (Å²) in [5.41, 5.74) is 2.69. The van der Waals surface area contributed by atoms with Gasteiger partial charge in [0, 0.05) is 22.0 Å². The van der Waals surface area contributed by atoms with Gasteiger partial charge in [-0.25, -0.2) is 9.78 Å². The minimum Gasteiger partial charge on any atom is -0.408 e. The van der Waals surface area contributed by atoms with E-state index in [1.165, 1.54) is 4.57 Å². The average molecular weight is 345 g/mol. The molecule has 4 aromatic rings. The molecule has 0 saturated carbocycles.